The van der Waals surface area contributed by atoms with Gasteiger partial charge in [0.05, 0.1) is 27.6 Å². The zero-order chi connectivity index (χ0) is 27.2. The van der Waals surface area contributed by atoms with Crippen LogP contribution >= 0.6 is 25.3 Å². The van der Waals surface area contributed by atoms with Crippen molar-refractivity contribution in [3.8, 4) is 11.4 Å². The number of fused-ring (bicyclic) bond motifs is 9. The number of pyridine rings is 2. The van der Waals surface area contributed by atoms with E-state index in [0.29, 0.717) is 0 Å². The van der Waals surface area contributed by atoms with Gasteiger partial charge in [-0.25, -0.2) is 0 Å². The molecule has 9 rings (SSSR count). The van der Waals surface area contributed by atoms with Gasteiger partial charge in [0, 0.05) is 56.8 Å². The summed E-state index contributed by atoms with van der Waals surface area (Å²) < 4.78 is 11.1. The van der Waals surface area contributed by atoms with Crippen molar-refractivity contribution >= 4 is 70.0 Å². The van der Waals surface area contributed by atoms with Crippen LogP contribution in [0.1, 0.15) is 29.2 Å². The van der Waals surface area contributed by atoms with Crippen molar-refractivity contribution in [3.63, 3.8) is 0 Å². The standard InChI is InChI=1S/C34H24N4OS2/c40-21-7-9-27-25(17-21)33-29(3-1-13-35-33)37(27)19-5-11-31-23(15-19)24-16-20(6-12-32(24)39-31)38-28-10-8-22(41)18-26(28)34-30(38)4-2-14-36-34/h1-7,9,11-18,23,31,40-41H,8,10H2. The van der Waals surface area contributed by atoms with Gasteiger partial charge in [-0.15, -0.1) is 25.3 Å². The summed E-state index contributed by atoms with van der Waals surface area (Å²) >= 11 is 9.28. The van der Waals surface area contributed by atoms with Gasteiger partial charge in [-0.2, -0.15) is 0 Å². The molecule has 6 aromatic rings. The summed E-state index contributed by atoms with van der Waals surface area (Å²) in [5.74, 6) is 1.04. The van der Waals surface area contributed by atoms with E-state index in [1.165, 1.54) is 16.8 Å². The van der Waals surface area contributed by atoms with Crippen LogP contribution in [-0.4, -0.2) is 25.2 Å². The van der Waals surface area contributed by atoms with Crippen LogP contribution in [0.4, 0.5) is 0 Å². The van der Waals surface area contributed by atoms with Crippen molar-refractivity contribution in [1.29, 1.82) is 0 Å². The first-order valence-electron chi connectivity index (χ1n) is 13.8. The van der Waals surface area contributed by atoms with Crippen LogP contribution < -0.4 is 4.74 Å². The fourth-order valence-corrected chi connectivity index (χ4v) is 7.28. The van der Waals surface area contributed by atoms with E-state index in [1.807, 2.05) is 30.6 Å². The Bertz CT molecular complexity index is 2180. The van der Waals surface area contributed by atoms with E-state index in [9.17, 15) is 0 Å². The van der Waals surface area contributed by atoms with E-state index >= 15 is 0 Å². The predicted molar refractivity (Wildman–Crippen MR) is 171 cm³/mol. The van der Waals surface area contributed by atoms with Crippen molar-refractivity contribution < 1.29 is 4.74 Å². The Morgan fingerprint density at radius 1 is 0.829 bits per heavy atom. The average Bonchev–Trinajstić information content (AvgIpc) is 3.64. The molecule has 0 radical (unpaired) electrons. The van der Waals surface area contributed by atoms with Gasteiger partial charge in [0.25, 0.3) is 0 Å². The lowest BCUT2D eigenvalue weighted by atomic mass is 9.90. The Labute approximate surface area is 247 Å². The molecule has 1 aliphatic heterocycles. The highest BCUT2D eigenvalue weighted by Gasteiger charge is 2.35. The molecule has 5 heterocycles. The average molecular weight is 569 g/mol. The quantitative estimate of drug-likeness (QED) is 0.208. The molecule has 3 aliphatic rings. The molecule has 0 saturated carbocycles. The van der Waals surface area contributed by atoms with Crippen LogP contribution in [0.2, 0.25) is 0 Å². The SMILES string of the molecule is SC1=Cc2c(n(-c3ccc4c(c3)C3C=C(n5c6ccc(S)cc6c6ncccc65)C=CC3O4)c3cccnc23)CC1. The first-order chi connectivity index (χ1) is 20.1. The molecule has 0 saturated heterocycles. The molecule has 0 spiro atoms. The predicted octanol–water partition coefficient (Wildman–Crippen LogP) is 7.99. The van der Waals surface area contributed by atoms with Crippen LogP contribution in [-0.2, 0) is 6.42 Å². The Morgan fingerprint density at radius 3 is 2.54 bits per heavy atom. The highest BCUT2D eigenvalue weighted by atomic mass is 32.1. The Morgan fingerprint density at radius 2 is 1.66 bits per heavy atom. The van der Waals surface area contributed by atoms with Gasteiger partial charge in [0.2, 0.25) is 0 Å². The number of allylic oxidation sites excluding steroid dienone is 3. The third-order valence-electron chi connectivity index (χ3n) is 8.59. The fraction of sp³-hybridized carbons (Fsp3) is 0.118. The minimum Gasteiger partial charge on any atom is -0.485 e. The zero-order valence-corrected chi connectivity index (χ0v) is 23.7. The lowest BCUT2D eigenvalue weighted by Gasteiger charge is -2.20. The number of nitrogens with zero attached hydrogens (tertiary/aromatic N) is 4. The number of hydrogen-bond acceptors (Lipinski definition) is 5. The molecule has 0 fully saturated rings. The maximum absolute atomic E-state index is 6.45. The molecule has 2 atom stereocenters. The van der Waals surface area contributed by atoms with Crippen molar-refractivity contribution in [1.82, 2.24) is 19.1 Å². The number of ether oxygens (including phenoxy) is 1. The van der Waals surface area contributed by atoms with Crippen molar-refractivity contribution in [3.05, 3.63) is 113 Å². The molecular formula is C34H24N4OS2. The normalized spacial score (nSPS) is 19.2. The Kier molecular flexibility index (Phi) is 4.96. The second-order valence-electron chi connectivity index (χ2n) is 10.9. The zero-order valence-electron chi connectivity index (χ0n) is 21.9. The molecule has 2 aliphatic carbocycles. The summed E-state index contributed by atoms with van der Waals surface area (Å²) in [6.45, 7) is 0. The molecule has 41 heavy (non-hydrogen) atoms. The van der Waals surface area contributed by atoms with E-state index in [4.69, 9.17) is 14.7 Å². The van der Waals surface area contributed by atoms with Gasteiger partial charge in [-0.05, 0) is 103 Å². The van der Waals surface area contributed by atoms with Crippen molar-refractivity contribution in [2.45, 2.75) is 29.8 Å². The van der Waals surface area contributed by atoms with Crippen LogP contribution in [0.15, 0.2) is 101 Å². The van der Waals surface area contributed by atoms with E-state index < -0.39 is 0 Å². The van der Waals surface area contributed by atoms with Crippen LogP contribution in [0, 0.1) is 0 Å². The van der Waals surface area contributed by atoms with E-state index in [2.05, 4.69) is 101 Å². The lowest BCUT2D eigenvalue weighted by Crippen LogP contribution is -2.18. The number of thiol groups is 2. The molecule has 0 bridgehead atoms. The molecule has 0 N–H and O–H groups in total. The number of rotatable bonds is 2. The minimum absolute atomic E-state index is 0.0362. The molecule has 4 aromatic heterocycles. The van der Waals surface area contributed by atoms with E-state index in [1.54, 1.807) is 0 Å². The molecule has 2 unspecified atom stereocenters. The Hall–Kier alpha value is -4.20. The third kappa shape index (κ3) is 3.39. The van der Waals surface area contributed by atoms with E-state index in [-0.39, 0.29) is 12.0 Å². The summed E-state index contributed by atoms with van der Waals surface area (Å²) in [6, 6.07) is 21.2. The molecule has 0 amide bonds. The summed E-state index contributed by atoms with van der Waals surface area (Å²) in [5, 5.41) is 1.10. The number of aromatic nitrogens is 4. The van der Waals surface area contributed by atoms with Gasteiger partial charge in [0.15, 0.2) is 0 Å². The molecule has 5 nitrogen and oxygen atoms in total. The van der Waals surface area contributed by atoms with Crippen LogP contribution in [0.25, 0.3) is 50.4 Å². The number of benzene rings is 2. The van der Waals surface area contributed by atoms with Gasteiger partial charge in [0.1, 0.15) is 11.9 Å². The fourth-order valence-electron chi connectivity index (χ4n) is 6.83. The first kappa shape index (κ1) is 23.5. The monoisotopic (exact) mass is 568 g/mol. The second-order valence-corrected chi connectivity index (χ2v) is 12.0. The van der Waals surface area contributed by atoms with Gasteiger partial charge in [-0.1, -0.05) is 0 Å². The summed E-state index contributed by atoms with van der Waals surface area (Å²) in [5.41, 5.74) is 11.2. The smallest absolute Gasteiger partial charge is 0.128 e. The molecule has 2 aromatic carbocycles. The number of hydrogen-bond donors (Lipinski definition) is 2. The second kappa shape index (κ2) is 8.65. The molecule has 198 valence electrons. The summed E-state index contributed by atoms with van der Waals surface area (Å²) in [4.78, 5) is 11.5. The van der Waals surface area contributed by atoms with Crippen molar-refractivity contribution in [2.24, 2.45) is 0 Å². The van der Waals surface area contributed by atoms with Gasteiger partial charge >= 0.3 is 0 Å². The molecule has 7 heteroatoms. The highest BCUT2D eigenvalue weighted by Crippen LogP contribution is 2.46. The lowest BCUT2D eigenvalue weighted by molar-refractivity contribution is 0.269. The molecular weight excluding hydrogens is 545 g/mol. The topological polar surface area (TPSA) is 44.9 Å². The van der Waals surface area contributed by atoms with Gasteiger partial charge in [-0.3, -0.25) is 9.97 Å². The Balaban J connectivity index is 1.21. The summed E-state index contributed by atoms with van der Waals surface area (Å²) in [6.07, 6.45) is 14.5. The minimum atomic E-state index is -0.0362. The van der Waals surface area contributed by atoms with Crippen LogP contribution in [0.3, 0.4) is 0 Å². The largest absolute Gasteiger partial charge is 0.485 e. The van der Waals surface area contributed by atoms with E-state index in [0.717, 1.165) is 72.7 Å². The van der Waals surface area contributed by atoms with Crippen molar-refractivity contribution in [2.75, 3.05) is 0 Å². The third-order valence-corrected chi connectivity index (χ3v) is 9.22. The van der Waals surface area contributed by atoms with Crippen LogP contribution in [0.5, 0.6) is 5.75 Å². The first-order valence-corrected chi connectivity index (χ1v) is 14.7. The highest BCUT2D eigenvalue weighted by molar-refractivity contribution is 7.84. The van der Waals surface area contributed by atoms with Gasteiger partial charge < -0.3 is 13.9 Å². The maximum atomic E-state index is 6.45. The maximum Gasteiger partial charge on any atom is 0.128 e. The summed E-state index contributed by atoms with van der Waals surface area (Å²) in [7, 11) is 0.